The second kappa shape index (κ2) is 13.7. The summed E-state index contributed by atoms with van der Waals surface area (Å²) in [6, 6.07) is 34.2. The van der Waals surface area contributed by atoms with Gasteiger partial charge in [0.25, 0.3) is 5.91 Å². The fourth-order valence-corrected chi connectivity index (χ4v) is 5.01. The summed E-state index contributed by atoms with van der Waals surface area (Å²) in [6.07, 6.45) is 1.63. The Morgan fingerprint density at radius 2 is 1.70 bits per heavy atom. The first-order valence-corrected chi connectivity index (χ1v) is 14.2. The van der Waals surface area contributed by atoms with Gasteiger partial charge in [0.05, 0.1) is 24.2 Å². The molecule has 0 bridgehead atoms. The van der Waals surface area contributed by atoms with Gasteiger partial charge in [-0.2, -0.15) is 10.4 Å². The van der Waals surface area contributed by atoms with Crippen molar-refractivity contribution in [1.29, 1.82) is 5.26 Å². The molecule has 5 aromatic rings. The highest BCUT2D eigenvalue weighted by Gasteiger charge is 2.19. The van der Waals surface area contributed by atoms with Gasteiger partial charge in [-0.3, -0.25) is 4.79 Å². The Balaban J connectivity index is 1.46. The second-order valence-electron chi connectivity index (χ2n) is 9.61. The van der Waals surface area contributed by atoms with Crippen LogP contribution in [0.25, 0.3) is 28.2 Å². The summed E-state index contributed by atoms with van der Waals surface area (Å²) in [6.45, 7) is 1.65. The van der Waals surface area contributed by atoms with Crippen molar-refractivity contribution in [3.63, 3.8) is 0 Å². The SMILES string of the molecule is COCc1cc(C)nc(OCC(=O)N/N=C\c2cc(-c3ccccc3)n(-c3ccc(Br)cc3)c2-c2ccccc2)c1C#N. The minimum atomic E-state index is -0.492. The zero-order valence-corrected chi connectivity index (χ0v) is 25.2. The average molecular weight is 635 g/mol. The number of carbonyl (C=O) groups is 1. The summed E-state index contributed by atoms with van der Waals surface area (Å²) >= 11 is 3.54. The lowest BCUT2D eigenvalue weighted by Crippen LogP contribution is -2.25. The largest absolute Gasteiger partial charge is 0.467 e. The molecule has 214 valence electrons. The number of carbonyl (C=O) groups excluding carboxylic acids is 1. The van der Waals surface area contributed by atoms with E-state index in [9.17, 15) is 10.1 Å². The number of nitriles is 1. The van der Waals surface area contributed by atoms with Crippen LogP contribution in [0, 0.1) is 18.3 Å². The number of ether oxygens (including phenoxy) is 2. The van der Waals surface area contributed by atoms with Gasteiger partial charge in [0, 0.05) is 34.1 Å². The summed E-state index contributed by atoms with van der Waals surface area (Å²) in [7, 11) is 1.54. The molecule has 0 saturated heterocycles. The topological polar surface area (TPSA) is 102 Å². The Morgan fingerprint density at radius 3 is 2.35 bits per heavy atom. The molecule has 0 aliphatic rings. The highest BCUT2D eigenvalue weighted by molar-refractivity contribution is 9.10. The monoisotopic (exact) mass is 633 g/mol. The summed E-state index contributed by atoms with van der Waals surface area (Å²) in [5, 5.41) is 13.9. The van der Waals surface area contributed by atoms with Gasteiger partial charge in [-0.05, 0) is 54.4 Å². The fourth-order valence-electron chi connectivity index (χ4n) is 4.74. The number of amides is 1. The van der Waals surface area contributed by atoms with Gasteiger partial charge in [0.2, 0.25) is 5.88 Å². The van der Waals surface area contributed by atoms with Crippen molar-refractivity contribution in [2.75, 3.05) is 13.7 Å². The third-order valence-corrected chi connectivity index (χ3v) is 7.10. The van der Waals surface area contributed by atoms with Crippen LogP contribution in [0.3, 0.4) is 0 Å². The Hall–Kier alpha value is -5.04. The quantitative estimate of drug-likeness (QED) is 0.134. The molecule has 5 rings (SSSR count). The third kappa shape index (κ3) is 6.89. The molecule has 1 N–H and O–H groups in total. The molecular weight excluding hydrogens is 606 g/mol. The van der Waals surface area contributed by atoms with E-state index in [2.05, 4.69) is 72.4 Å². The number of benzene rings is 3. The lowest BCUT2D eigenvalue weighted by Gasteiger charge is -2.15. The van der Waals surface area contributed by atoms with E-state index in [1.54, 1.807) is 26.3 Å². The van der Waals surface area contributed by atoms with E-state index in [4.69, 9.17) is 9.47 Å². The summed E-state index contributed by atoms with van der Waals surface area (Å²) in [5.41, 5.74) is 9.77. The van der Waals surface area contributed by atoms with Crippen LogP contribution in [0.2, 0.25) is 0 Å². The molecule has 8 nitrogen and oxygen atoms in total. The average Bonchev–Trinajstić information content (AvgIpc) is 3.40. The van der Waals surface area contributed by atoms with Crippen molar-refractivity contribution in [3.05, 3.63) is 124 Å². The van der Waals surface area contributed by atoms with Crippen LogP contribution in [-0.2, 0) is 16.1 Å². The number of hydrazone groups is 1. The van der Waals surface area contributed by atoms with Crippen LogP contribution in [-0.4, -0.2) is 35.4 Å². The van der Waals surface area contributed by atoms with E-state index in [1.165, 1.54) is 0 Å². The molecule has 1 amide bonds. The Morgan fingerprint density at radius 1 is 1.02 bits per heavy atom. The van der Waals surface area contributed by atoms with E-state index >= 15 is 0 Å². The van der Waals surface area contributed by atoms with E-state index in [-0.39, 0.29) is 24.7 Å². The van der Waals surface area contributed by atoms with E-state index in [0.717, 1.165) is 38.2 Å². The summed E-state index contributed by atoms with van der Waals surface area (Å²) < 4.78 is 14.0. The Kier molecular flexibility index (Phi) is 9.42. The number of hydrogen-bond donors (Lipinski definition) is 1. The van der Waals surface area contributed by atoms with Crippen molar-refractivity contribution in [1.82, 2.24) is 15.0 Å². The minimum absolute atomic E-state index is 0.0825. The molecule has 2 aromatic heterocycles. The number of aromatic nitrogens is 2. The Labute approximate surface area is 258 Å². The summed E-state index contributed by atoms with van der Waals surface area (Å²) in [4.78, 5) is 17.0. The molecule has 0 saturated carbocycles. The summed E-state index contributed by atoms with van der Waals surface area (Å²) in [5.74, 6) is -0.409. The molecule has 9 heteroatoms. The minimum Gasteiger partial charge on any atom is -0.467 e. The normalized spacial score (nSPS) is 10.9. The second-order valence-corrected chi connectivity index (χ2v) is 10.5. The maximum atomic E-state index is 12.7. The fraction of sp³-hybridized carbons (Fsp3) is 0.118. The lowest BCUT2D eigenvalue weighted by atomic mass is 10.1. The predicted octanol–water partition coefficient (Wildman–Crippen LogP) is 6.82. The lowest BCUT2D eigenvalue weighted by molar-refractivity contribution is -0.123. The van der Waals surface area contributed by atoms with Crippen molar-refractivity contribution < 1.29 is 14.3 Å². The number of aryl methyl sites for hydroxylation is 1. The van der Waals surface area contributed by atoms with Crippen LogP contribution in [0.4, 0.5) is 0 Å². The number of pyridine rings is 1. The van der Waals surface area contributed by atoms with Crippen molar-refractivity contribution >= 4 is 28.1 Å². The molecule has 0 atom stereocenters. The smallest absolute Gasteiger partial charge is 0.278 e. The third-order valence-electron chi connectivity index (χ3n) is 6.57. The molecule has 0 aliphatic heterocycles. The number of nitrogens with one attached hydrogen (secondary N) is 1. The highest BCUT2D eigenvalue weighted by atomic mass is 79.9. The van der Waals surface area contributed by atoms with Gasteiger partial charge in [-0.15, -0.1) is 0 Å². The molecule has 43 heavy (non-hydrogen) atoms. The highest BCUT2D eigenvalue weighted by Crippen LogP contribution is 2.35. The predicted molar refractivity (Wildman–Crippen MR) is 170 cm³/mol. The van der Waals surface area contributed by atoms with Crippen LogP contribution < -0.4 is 10.2 Å². The number of halogens is 1. The molecule has 0 unspecified atom stereocenters. The molecule has 0 radical (unpaired) electrons. The van der Waals surface area contributed by atoms with E-state index < -0.39 is 5.91 Å². The first kappa shape index (κ1) is 29.5. The molecule has 0 fully saturated rings. The number of methoxy groups -OCH3 is 1. The maximum Gasteiger partial charge on any atom is 0.278 e. The number of hydrogen-bond acceptors (Lipinski definition) is 6. The molecule has 0 spiro atoms. The number of nitrogens with zero attached hydrogens (tertiary/aromatic N) is 4. The molecular formula is C34H28BrN5O3. The molecule has 2 heterocycles. The Bertz CT molecular complexity index is 1790. The van der Waals surface area contributed by atoms with Gasteiger partial charge in [0.1, 0.15) is 11.6 Å². The molecule has 3 aromatic carbocycles. The van der Waals surface area contributed by atoms with Crippen LogP contribution >= 0.6 is 15.9 Å². The number of rotatable bonds is 10. The van der Waals surface area contributed by atoms with Crippen LogP contribution in [0.5, 0.6) is 5.88 Å². The maximum absolute atomic E-state index is 12.7. The first-order valence-electron chi connectivity index (χ1n) is 13.4. The van der Waals surface area contributed by atoms with Gasteiger partial charge in [-0.25, -0.2) is 10.4 Å². The van der Waals surface area contributed by atoms with E-state index in [1.807, 2.05) is 60.7 Å². The first-order chi connectivity index (χ1) is 21.0. The molecule has 0 aliphatic carbocycles. The van der Waals surface area contributed by atoms with Gasteiger partial charge < -0.3 is 14.0 Å². The van der Waals surface area contributed by atoms with Crippen LogP contribution in [0.15, 0.2) is 107 Å². The van der Waals surface area contributed by atoms with Gasteiger partial charge in [0.15, 0.2) is 6.61 Å². The van der Waals surface area contributed by atoms with E-state index in [0.29, 0.717) is 11.3 Å². The van der Waals surface area contributed by atoms with Crippen molar-refractivity contribution in [2.24, 2.45) is 5.10 Å². The standard InChI is InChI=1S/C34H28BrN5O3/c1-23-17-27(21-42-2)30(19-36)34(38-23)43-22-32(41)39-37-20-26-18-31(24-9-5-3-6-10-24)40(29-15-13-28(35)14-16-29)33(26)25-11-7-4-8-12-25/h3-18,20H,21-22H2,1-2H3,(H,39,41)/b37-20-. The zero-order valence-electron chi connectivity index (χ0n) is 23.6. The van der Waals surface area contributed by atoms with Crippen molar-refractivity contribution in [2.45, 2.75) is 13.5 Å². The van der Waals surface area contributed by atoms with Gasteiger partial charge in [-0.1, -0.05) is 76.6 Å². The zero-order chi connectivity index (χ0) is 30.2. The van der Waals surface area contributed by atoms with Crippen LogP contribution in [0.1, 0.15) is 22.4 Å². The van der Waals surface area contributed by atoms with Crippen molar-refractivity contribution in [3.8, 4) is 40.2 Å². The van der Waals surface area contributed by atoms with Gasteiger partial charge >= 0.3 is 0 Å².